The van der Waals surface area contributed by atoms with Crippen molar-refractivity contribution in [2.45, 2.75) is 30.7 Å². The Morgan fingerprint density at radius 3 is 2.48 bits per heavy atom. The number of primary sulfonamides is 1. The predicted molar refractivity (Wildman–Crippen MR) is 110 cm³/mol. The van der Waals surface area contributed by atoms with Crippen LogP contribution in [0.3, 0.4) is 0 Å². The lowest BCUT2D eigenvalue weighted by molar-refractivity contribution is -0.131. The van der Waals surface area contributed by atoms with E-state index < -0.39 is 10.0 Å². The summed E-state index contributed by atoms with van der Waals surface area (Å²) in [6.07, 6.45) is 0.484. The SMILES string of the molecule is C[C@H](c1ccc(S(N)(=O)=O)cc1)N(C)C(=O)CCc1nc2ccccc2c(=O)[nH]1. The Kier molecular flexibility index (Phi) is 5.81. The van der Waals surface area contributed by atoms with Crippen LogP contribution in [0.5, 0.6) is 0 Å². The highest BCUT2D eigenvalue weighted by Crippen LogP contribution is 2.21. The molecule has 0 aliphatic carbocycles. The Labute approximate surface area is 168 Å². The summed E-state index contributed by atoms with van der Waals surface area (Å²) in [6.45, 7) is 1.85. The molecule has 0 aliphatic heterocycles. The van der Waals surface area contributed by atoms with E-state index in [1.807, 2.05) is 6.92 Å². The Balaban J connectivity index is 1.68. The second-order valence-electron chi connectivity index (χ2n) is 6.82. The summed E-state index contributed by atoms with van der Waals surface area (Å²) < 4.78 is 22.7. The van der Waals surface area contributed by atoms with Gasteiger partial charge in [0.2, 0.25) is 15.9 Å². The number of aryl methyl sites for hydroxylation is 1. The molecule has 0 saturated carbocycles. The smallest absolute Gasteiger partial charge is 0.258 e. The van der Waals surface area contributed by atoms with Gasteiger partial charge in [-0.1, -0.05) is 24.3 Å². The number of nitrogens with two attached hydrogens (primary N) is 1. The lowest BCUT2D eigenvalue weighted by atomic mass is 10.1. The van der Waals surface area contributed by atoms with E-state index >= 15 is 0 Å². The highest BCUT2D eigenvalue weighted by atomic mass is 32.2. The Hall–Kier alpha value is -3.04. The predicted octanol–water partition coefficient (Wildman–Crippen LogP) is 1.72. The van der Waals surface area contributed by atoms with Gasteiger partial charge in [0.25, 0.3) is 5.56 Å². The number of benzene rings is 2. The van der Waals surface area contributed by atoms with E-state index in [0.717, 1.165) is 5.56 Å². The molecule has 1 aromatic heterocycles. The van der Waals surface area contributed by atoms with Crippen molar-refractivity contribution >= 4 is 26.8 Å². The Morgan fingerprint density at radius 2 is 1.83 bits per heavy atom. The maximum absolute atomic E-state index is 12.6. The van der Waals surface area contributed by atoms with Gasteiger partial charge < -0.3 is 9.88 Å². The second kappa shape index (κ2) is 8.14. The molecule has 0 radical (unpaired) electrons. The molecule has 0 aliphatic rings. The average Bonchev–Trinajstić information content (AvgIpc) is 2.70. The third-order valence-electron chi connectivity index (χ3n) is 4.90. The molecule has 29 heavy (non-hydrogen) atoms. The Bertz CT molecular complexity index is 1200. The monoisotopic (exact) mass is 414 g/mol. The quantitative estimate of drug-likeness (QED) is 0.635. The zero-order valence-corrected chi connectivity index (χ0v) is 16.9. The first-order chi connectivity index (χ1) is 13.7. The van der Waals surface area contributed by atoms with Crippen molar-refractivity contribution in [1.82, 2.24) is 14.9 Å². The molecule has 3 rings (SSSR count). The van der Waals surface area contributed by atoms with Crippen LogP contribution < -0.4 is 10.7 Å². The van der Waals surface area contributed by atoms with Gasteiger partial charge in [-0.3, -0.25) is 9.59 Å². The number of nitrogens with zero attached hydrogens (tertiary/aromatic N) is 2. The third kappa shape index (κ3) is 4.69. The average molecular weight is 414 g/mol. The van der Waals surface area contributed by atoms with Crippen molar-refractivity contribution < 1.29 is 13.2 Å². The molecule has 3 aromatic rings. The first-order valence-electron chi connectivity index (χ1n) is 9.03. The van der Waals surface area contributed by atoms with Crippen molar-refractivity contribution in [3.63, 3.8) is 0 Å². The largest absolute Gasteiger partial charge is 0.339 e. The van der Waals surface area contributed by atoms with E-state index in [-0.39, 0.29) is 28.8 Å². The second-order valence-corrected chi connectivity index (χ2v) is 8.39. The van der Waals surface area contributed by atoms with E-state index in [1.165, 1.54) is 12.1 Å². The number of carbonyl (C=O) groups is 1. The number of carbonyl (C=O) groups excluding carboxylic acids is 1. The number of fused-ring (bicyclic) bond motifs is 1. The number of H-pyrrole nitrogens is 1. The first kappa shape index (κ1) is 20.7. The van der Waals surface area contributed by atoms with Gasteiger partial charge in [-0.25, -0.2) is 18.5 Å². The molecular formula is C20H22N4O4S. The highest BCUT2D eigenvalue weighted by Gasteiger charge is 2.18. The van der Waals surface area contributed by atoms with Crippen LogP contribution in [0.2, 0.25) is 0 Å². The van der Waals surface area contributed by atoms with Gasteiger partial charge in [0.15, 0.2) is 0 Å². The molecular weight excluding hydrogens is 392 g/mol. The van der Waals surface area contributed by atoms with E-state index in [1.54, 1.807) is 48.3 Å². The fourth-order valence-corrected chi connectivity index (χ4v) is 3.55. The van der Waals surface area contributed by atoms with Crippen LogP contribution in [-0.4, -0.2) is 36.2 Å². The standard InChI is InChI=1S/C20H22N4O4S/c1-13(14-7-9-15(10-8-14)29(21,27)28)24(2)19(25)12-11-18-22-17-6-4-3-5-16(17)20(26)23-18/h3-10,13H,11-12H2,1-2H3,(H2,21,27,28)(H,22,23,26)/t13-/m1/s1. The number of para-hydroxylation sites is 1. The van der Waals surface area contributed by atoms with Gasteiger partial charge in [-0.2, -0.15) is 0 Å². The molecule has 0 bridgehead atoms. The molecule has 1 amide bonds. The molecule has 1 atom stereocenters. The van der Waals surface area contributed by atoms with Crippen molar-refractivity contribution in [2.75, 3.05) is 7.05 Å². The van der Waals surface area contributed by atoms with Crippen molar-refractivity contribution in [2.24, 2.45) is 5.14 Å². The van der Waals surface area contributed by atoms with Crippen LogP contribution in [0, 0.1) is 0 Å². The summed E-state index contributed by atoms with van der Waals surface area (Å²) in [7, 11) is -2.08. The third-order valence-corrected chi connectivity index (χ3v) is 5.83. The summed E-state index contributed by atoms with van der Waals surface area (Å²) in [6, 6.07) is 12.9. The molecule has 0 fully saturated rings. The number of rotatable bonds is 6. The first-order valence-corrected chi connectivity index (χ1v) is 10.6. The van der Waals surface area contributed by atoms with E-state index in [0.29, 0.717) is 23.1 Å². The maximum atomic E-state index is 12.6. The van der Waals surface area contributed by atoms with Gasteiger partial charge in [0, 0.05) is 19.9 Å². The van der Waals surface area contributed by atoms with Crippen LogP contribution in [0.1, 0.15) is 30.8 Å². The summed E-state index contributed by atoms with van der Waals surface area (Å²) >= 11 is 0. The van der Waals surface area contributed by atoms with Crippen LogP contribution in [-0.2, 0) is 21.2 Å². The molecule has 0 saturated heterocycles. The van der Waals surface area contributed by atoms with Gasteiger partial charge in [-0.15, -0.1) is 0 Å². The molecule has 8 nitrogen and oxygen atoms in total. The van der Waals surface area contributed by atoms with Crippen LogP contribution >= 0.6 is 0 Å². The highest BCUT2D eigenvalue weighted by molar-refractivity contribution is 7.89. The number of sulfonamides is 1. The van der Waals surface area contributed by atoms with Gasteiger partial charge in [-0.05, 0) is 36.8 Å². The van der Waals surface area contributed by atoms with Gasteiger partial charge in [0.1, 0.15) is 5.82 Å². The minimum atomic E-state index is -3.76. The van der Waals surface area contributed by atoms with Crippen LogP contribution in [0.4, 0.5) is 0 Å². The number of amides is 1. The molecule has 0 spiro atoms. The van der Waals surface area contributed by atoms with Crippen LogP contribution in [0.15, 0.2) is 58.2 Å². The lowest BCUT2D eigenvalue weighted by Gasteiger charge is -2.25. The maximum Gasteiger partial charge on any atom is 0.258 e. The summed E-state index contributed by atoms with van der Waals surface area (Å²) in [5, 5.41) is 5.62. The summed E-state index contributed by atoms with van der Waals surface area (Å²) in [5.74, 6) is 0.337. The molecule has 0 unspecified atom stereocenters. The number of aromatic nitrogens is 2. The minimum Gasteiger partial charge on any atom is -0.339 e. The zero-order valence-electron chi connectivity index (χ0n) is 16.1. The topological polar surface area (TPSA) is 126 Å². The molecule has 3 N–H and O–H groups in total. The van der Waals surface area contributed by atoms with Crippen LogP contribution in [0.25, 0.3) is 10.9 Å². The number of aromatic amines is 1. The minimum absolute atomic E-state index is 0.0220. The zero-order chi connectivity index (χ0) is 21.2. The fraction of sp³-hybridized carbons (Fsp3) is 0.250. The number of nitrogens with one attached hydrogen (secondary N) is 1. The van der Waals surface area contributed by atoms with Gasteiger partial charge >= 0.3 is 0 Å². The van der Waals surface area contributed by atoms with E-state index in [9.17, 15) is 18.0 Å². The van der Waals surface area contributed by atoms with E-state index in [4.69, 9.17) is 5.14 Å². The normalized spacial score (nSPS) is 12.7. The molecule has 2 aromatic carbocycles. The van der Waals surface area contributed by atoms with E-state index in [2.05, 4.69) is 9.97 Å². The van der Waals surface area contributed by atoms with Crippen molar-refractivity contribution in [1.29, 1.82) is 0 Å². The van der Waals surface area contributed by atoms with Crippen molar-refractivity contribution in [3.8, 4) is 0 Å². The van der Waals surface area contributed by atoms with Gasteiger partial charge in [0.05, 0.1) is 21.8 Å². The summed E-state index contributed by atoms with van der Waals surface area (Å²) in [5.41, 5.74) is 1.15. The fourth-order valence-electron chi connectivity index (χ4n) is 3.03. The van der Waals surface area contributed by atoms with Crippen molar-refractivity contribution in [3.05, 3.63) is 70.3 Å². The molecule has 9 heteroatoms. The number of hydrogen-bond acceptors (Lipinski definition) is 5. The lowest BCUT2D eigenvalue weighted by Crippen LogP contribution is -2.30. The summed E-state index contributed by atoms with van der Waals surface area (Å²) in [4.78, 5) is 33.4. The Morgan fingerprint density at radius 1 is 1.17 bits per heavy atom. The number of hydrogen-bond donors (Lipinski definition) is 2. The molecule has 1 heterocycles. The molecule has 152 valence electrons.